The summed E-state index contributed by atoms with van der Waals surface area (Å²) in [6, 6.07) is 14.5. The summed E-state index contributed by atoms with van der Waals surface area (Å²) >= 11 is 6.47. The summed E-state index contributed by atoms with van der Waals surface area (Å²) in [4.78, 5) is 22.6. The molecule has 1 aliphatic rings. The van der Waals surface area contributed by atoms with Crippen LogP contribution >= 0.6 is 11.6 Å². The summed E-state index contributed by atoms with van der Waals surface area (Å²) in [5, 5.41) is 12.9. The Labute approximate surface area is 188 Å². The van der Waals surface area contributed by atoms with E-state index in [1.165, 1.54) is 0 Å². The smallest absolute Gasteiger partial charge is 0.261 e. The van der Waals surface area contributed by atoms with Crippen molar-refractivity contribution in [3.8, 4) is 11.1 Å². The normalized spacial score (nSPS) is 14.1. The Morgan fingerprint density at radius 2 is 2.06 bits per heavy atom. The minimum absolute atomic E-state index is 0.0212. The van der Waals surface area contributed by atoms with Crippen molar-refractivity contribution < 1.29 is 5.21 Å². The standard InChI is InChI=1S/C24H20ClN5O2/c25-20-11-17(22(26)29-32)5-7-18(20)16-6-8-21-19(10-16)24(31)30(23(28-21)15-3-4-15)13-14-2-1-9-27-12-14/h1-2,5-12,15,32H,3-4,13H2,(H2,26,29). The van der Waals surface area contributed by atoms with Gasteiger partial charge in [-0.05, 0) is 48.2 Å². The van der Waals surface area contributed by atoms with Gasteiger partial charge in [0.1, 0.15) is 5.82 Å². The van der Waals surface area contributed by atoms with Gasteiger partial charge in [-0.1, -0.05) is 41.0 Å². The third kappa shape index (κ3) is 3.71. The molecular weight excluding hydrogens is 426 g/mol. The van der Waals surface area contributed by atoms with E-state index in [-0.39, 0.29) is 11.4 Å². The molecule has 0 radical (unpaired) electrons. The predicted molar refractivity (Wildman–Crippen MR) is 124 cm³/mol. The van der Waals surface area contributed by atoms with Gasteiger partial charge < -0.3 is 10.9 Å². The van der Waals surface area contributed by atoms with Gasteiger partial charge in [-0.15, -0.1) is 0 Å². The van der Waals surface area contributed by atoms with Crippen molar-refractivity contribution >= 4 is 28.3 Å². The Balaban J connectivity index is 1.63. The van der Waals surface area contributed by atoms with E-state index in [1.807, 2.05) is 30.3 Å². The number of nitrogens with zero attached hydrogens (tertiary/aromatic N) is 4. The van der Waals surface area contributed by atoms with E-state index in [0.717, 1.165) is 35.4 Å². The van der Waals surface area contributed by atoms with Crippen LogP contribution in [0.3, 0.4) is 0 Å². The van der Waals surface area contributed by atoms with Crippen molar-refractivity contribution in [3.63, 3.8) is 0 Å². The van der Waals surface area contributed by atoms with E-state index in [4.69, 9.17) is 27.5 Å². The molecule has 0 bridgehead atoms. The van der Waals surface area contributed by atoms with Crippen LogP contribution in [0.25, 0.3) is 22.0 Å². The maximum Gasteiger partial charge on any atom is 0.261 e. The molecule has 5 rings (SSSR count). The highest BCUT2D eigenvalue weighted by atomic mass is 35.5. The number of oxime groups is 1. The zero-order chi connectivity index (χ0) is 22.2. The van der Waals surface area contributed by atoms with Crippen LogP contribution in [0.5, 0.6) is 0 Å². The molecule has 0 aliphatic heterocycles. The summed E-state index contributed by atoms with van der Waals surface area (Å²) in [5.74, 6) is 1.14. The minimum Gasteiger partial charge on any atom is -0.409 e. The van der Waals surface area contributed by atoms with E-state index in [9.17, 15) is 4.79 Å². The molecule has 1 aliphatic carbocycles. The van der Waals surface area contributed by atoms with Gasteiger partial charge in [0, 0.05) is 34.5 Å². The molecule has 8 heteroatoms. The third-order valence-electron chi connectivity index (χ3n) is 5.67. The second kappa shape index (κ2) is 8.09. The molecule has 2 aromatic carbocycles. The van der Waals surface area contributed by atoms with Gasteiger partial charge in [0.25, 0.3) is 5.56 Å². The molecule has 1 saturated carbocycles. The summed E-state index contributed by atoms with van der Waals surface area (Å²) in [5.41, 5.74) is 9.25. The van der Waals surface area contributed by atoms with Crippen LogP contribution in [0.1, 0.15) is 35.7 Å². The zero-order valence-corrected chi connectivity index (χ0v) is 17.8. The highest BCUT2D eigenvalue weighted by Gasteiger charge is 2.29. The lowest BCUT2D eigenvalue weighted by Gasteiger charge is -2.14. The van der Waals surface area contributed by atoms with Crippen LogP contribution in [-0.2, 0) is 6.54 Å². The predicted octanol–water partition coefficient (Wildman–Crippen LogP) is 4.13. The van der Waals surface area contributed by atoms with Crippen LogP contribution in [0.15, 0.2) is 70.9 Å². The summed E-state index contributed by atoms with van der Waals surface area (Å²) < 4.78 is 1.77. The van der Waals surface area contributed by atoms with Gasteiger partial charge in [0.2, 0.25) is 0 Å². The third-order valence-corrected chi connectivity index (χ3v) is 5.99. The summed E-state index contributed by atoms with van der Waals surface area (Å²) in [6.45, 7) is 0.431. The molecule has 7 nitrogen and oxygen atoms in total. The molecular formula is C24H20ClN5O2. The first-order valence-electron chi connectivity index (χ1n) is 10.3. The Morgan fingerprint density at radius 3 is 2.75 bits per heavy atom. The number of pyridine rings is 1. The lowest BCUT2D eigenvalue weighted by atomic mass is 10.0. The quantitative estimate of drug-likeness (QED) is 0.208. The fourth-order valence-corrected chi connectivity index (χ4v) is 4.14. The van der Waals surface area contributed by atoms with Crippen LogP contribution in [0, 0.1) is 0 Å². The molecule has 0 unspecified atom stereocenters. The SMILES string of the molecule is N/C(=N/O)c1ccc(-c2ccc3nc(C4CC4)n(Cc4cccnc4)c(=O)c3c2)c(Cl)c1. The van der Waals surface area contributed by atoms with E-state index in [0.29, 0.717) is 34.0 Å². The van der Waals surface area contributed by atoms with Crippen LogP contribution < -0.4 is 11.3 Å². The fraction of sp³-hybridized carbons (Fsp3) is 0.167. The van der Waals surface area contributed by atoms with E-state index in [2.05, 4.69) is 10.1 Å². The molecule has 0 atom stereocenters. The van der Waals surface area contributed by atoms with Crippen molar-refractivity contribution in [2.24, 2.45) is 10.9 Å². The van der Waals surface area contributed by atoms with Gasteiger partial charge >= 0.3 is 0 Å². The van der Waals surface area contributed by atoms with Crippen molar-refractivity contribution in [2.75, 3.05) is 0 Å². The lowest BCUT2D eigenvalue weighted by Crippen LogP contribution is -2.25. The lowest BCUT2D eigenvalue weighted by molar-refractivity contribution is 0.318. The number of benzene rings is 2. The van der Waals surface area contributed by atoms with E-state index < -0.39 is 0 Å². The molecule has 2 heterocycles. The Kier molecular flexibility index (Phi) is 5.11. The largest absolute Gasteiger partial charge is 0.409 e. The van der Waals surface area contributed by atoms with Gasteiger partial charge in [0.05, 0.1) is 17.4 Å². The first-order chi connectivity index (χ1) is 15.5. The number of rotatable bonds is 5. The number of hydrogen-bond donors (Lipinski definition) is 2. The molecule has 0 spiro atoms. The first-order valence-corrected chi connectivity index (χ1v) is 10.6. The number of halogens is 1. The summed E-state index contributed by atoms with van der Waals surface area (Å²) in [7, 11) is 0. The second-order valence-corrected chi connectivity index (χ2v) is 8.32. The number of aromatic nitrogens is 3. The maximum absolute atomic E-state index is 13.5. The molecule has 0 saturated heterocycles. The average molecular weight is 446 g/mol. The Bertz CT molecular complexity index is 1410. The highest BCUT2D eigenvalue weighted by Crippen LogP contribution is 2.39. The number of hydrogen-bond acceptors (Lipinski definition) is 5. The van der Waals surface area contributed by atoms with Crippen molar-refractivity contribution in [1.82, 2.24) is 14.5 Å². The molecule has 3 N–H and O–H groups in total. The van der Waals surface area contributed by atoms with E-state index >= 15 is 0 Å². The number of fused-ring (bicyclic) bond motifs is 1. The second-order valence-electron chi connectivity index (χ2n) is 7.91. The number of nitrogens with two attached hydrogens (primary N) is 1. The first kappa shape index (κ1) is 20.2. The van der Waals surface area contributed by atoms with Crippen LogP contribution in [0.4, 0.5) is 0 Å². The molecule has 0 amide bonds. The number of amidine groups is 1. The van der Waals surface area contributed by atoms with Gasteiger partial charge in [-0.2, -0.15) is 0 Å². The van der Waals surface area contributed by atoms with E-state index in [1.54, 1.807) is 35.2 Å². The molecule has 2 aromatic heterocycles. The zero-order valence-electron chi connectivity index (χ0n) is 17.1. The van der Waals surface area contributed by atoms with Gasteiger partial charge in [-0.3, -0.25) is 14.3 Å². The van der Waals surface area contributed by atoms with Gasteiger partial charge in [-0.25, -0.2) is 4.98 Å². The van der Waals surface area contributed by atoms with Crippen molar-refractivity contribution in [3.05, 3.63) is 93.3 Å². The monoisotopic (exact) mass is 445 g/mol. The highest BCUT2D eigenvalue weighted by molar-refractivity contribution is 6.33. The molecule has 4 aromatic rings. The summed E-state index contributed by atoms with van der Waals surface area (Å²) in [6.07, 6.45) is 5.58. The fourth-order valence-electron chi connectivity index (χ4n) is 3.85. The van der Waals surface area contributed by atoms with Crippen molar-refractivity contribution in [2.45, 2.75) is 25.3 Å². The molecule has 32 heavy (non-hydrogen) atoms. The van der Waals surface area contributed by atoms with Crippen LogP contribution in [-0.4, -0.2) is 25.6 Å². The van der Waals surface area contributed by atoms with Crippen LogP contribution in [0.2, 0.25) is 5.02 Å². The maximum atomic E-state index is 13.5. The topological polar surface area (TPSA) is 106 Å². The molecule has 1 fully saturated rings. The van der Waals surface area contributed by atoms with Gasteiger partial charge in [0.15, 0.2) is 5.84 Å². The van der Waals surface area contributed by atoms with Crippen molar-refractivity contribution in [1.29, 1.82) is 0 Å². The Hall–Kier alpha value is -3.71. The molecule has 160 valence electrons. The minimum atomic E-state index is -0.0768. The Morgan fingerprint density at radius 1 is 1.22 bits per heavy atom. The average Bonchev–Trinajstić information content (AvgIpc) is 3.66.